The number of nitrogens with one attached hydrogen (secondary N) is 1. The SMILES string of the molecule is COC1=Cc2ccc(C(=N)c3cc(C(N)=O)ccc3N)cc2C=CC1. The molecule has 1 amide bonds. The lowest BCUT2D eigenvalue weighted by molar-refractivity contribution is 0.100. The zero-order valence-electron chi connectivity index (χ0n) is 13.9. The van der Waals surface area contributed by atoms with Gasteiger partial charge in [-0.15, -0.1) is 0 Å². The third-order valence-electron chi connectivity index (χ3n) is 4.18. The molecule has 0 bridgehead atoms. The van der Waals surface area contributed by atoms with E-state index in [2.05, 4.69) is 0 Å². The summed E-state index contributed by atoms with van der Waals surface area (Å²) in [5.41, 5.74) is 15.6. The van der Waals surface area contributed by atoms with Gasteiger partial charge in [0.1, 0.15) is 0 Å². The Kier molecular flexibility index (Phi) is 4.39. The van der Waals surface area contributed by atoms with Gasteiger partial charge in [-0.05, 0) is 41.5 Å². The first-order chi connectivity index (χ1) is 12.0. The molecule has 25 heavy (non-hydrogen) atoms. The monoisotopic (exact) mass is 333 g/mol. The summed E-state index contributed by atoms with van der Waals surface area (Å²) >= 11 is 0. The van der Waals surface area contributed by atoms with Crippen molar-refractivity contribution in [2.24, 2.45) is 5.73 Å². The molecule has 2 aromatic carbocycles. The number of fused-ring (bicyclic) bond motifs is 1. The van der Waals surface area contributed by atoms with Gasteiger partial charge in [0.2, 0.25) is 5.91 Å². The Bertz CT molecular complexity index is 927. The Morgan fingerprint density at radius 1 is 1.12 bits per heavy atom. The molecule has 2 aromatic rings. The fourth-order valence-corrected chi connectivity index (χ4v) is 2.76. The molecule has 5 N–H and O–H groups in total. The molecule has 5 heteroatoms. The number of amides is 1. The lowest BCUT2D eigenvalue weighted by Gasteiger charge is -2.11. The fraction of sp³-hybridized carbons (Fsp3) is 0.100. The van der Waals surface area contributed by atoms with Crippen LogP contribution < -0.4 is 11.5 Å². The molecular formula is C20H19N3O2. The number of nitrogen functional groups attached to an aromatic ring is 1. The molecule has 0 spiro atoms. The maximum absolute atomic E-state index is 11.4. The van der Waals surface area contributed by atoms with Crippen LogP contribution in [0, 0.1) is 5.41 Å². The molecule has 0 fully saturated rings. The van der Waals surface area contributed by atoms with Crippen LogP contribution >= 0.6 is 0 Å². The standard InChI is InChI=1S/C20H19N3O2/c1-25-16-4-2-3-12-9-14(6-5-13(12)10-16)19(22)17-11-15(20(23)24)7-8-18(17)21/h2-3,5-11,22H,4,21H2,1H3,(H2,23,24). The highest BCUT2D eigenvalue weighted by atomic mass is 16.5. The maximum atomic E-state index is 11.4. The second-order valence-corrected chi connectivity index (χ2v) is 5.81. The number of allylic oxidation sites excluding steroid dienone is 1. The highest BCUT2D eigenvalue weighted by Gasteiger charge is 2.13. The van der Waals surface area contributed by atoms with Crippen molar-refractivity contribution in [3.8, 4) is 0 Å². The number of benzene rings is 2. The molecule has 0 unspecified atom stereocenters. The van der Waals surface area contributed by atoms with Crippen molar-refractivity contribution in [2.75, 3.05) is 12.8 Å². The molecule has 0 saturated carbocycles. The van der Waals surface area contributed by atoms with Crippen LogP contribution in [-0.4, -0.2) is 18.7 Å². The zero-order chi connectivity index (χ0) is 18.0. The highest BCUT2D eigenvalue weighted by Crippen LogP contribution is 2.25. The average Bonchev–Trinajstić information content (AvgIpc) is 2.82. The van der Waals surface area contributed by atoms with Crippen LogP contribution in [-0.2, 0) is 4.74 Å². The molecule has 3 rings (SSSR count). The number of primary amides is 1. The first kappa shape index (κ1) is 16.5. The van der Waals surface area contributed by atoms with Crippen molar-refractivity contribution in [2.45, 2.75) is 6.42 Å². The van der Waals surface area contributed by atoms with E-state index in [1.54, 1.807) is 25.3 Å². The van der Waals surface area contributed by atoms with Gasteiger partial charge in [0, 0.05) is 28.8 Å². The van der Waals surface area contributed by atoms with Crippen molar-refractivity contribution in [3.05, 3.63) is 76.1 Å². The topological polar surface area (TPSA) is 102 Å². The number of hydrogen-bond acceptors (Lipinski definition) is 4. The molecule has 0 radical (unpaired) electrons. The van der Waals surface area contributed by atoms with Crippen molar-refractivity contribution in [1.82, 2.24) is 0 Å². The van der Waals surface area contributed by atoms with Crippen molar-refractivity contribution in [3.63, 3.8) is 0 Å². The Morgan fingerprint density at radius 2 is 1.88 bits per heavy atom. The molecule has 1 aliphatic rings. The van der Waals surface area contributed by atoms with Gasteiger partial charge in [0.05, 0.1) is 18.6 Å². The summed E-state index contributed by atoms with van der Waals surface area (Å²) in [6, 6.07) is 10.5. The van der Waals surface area contributed by atoms with Gasteiger partial charge in [-0.1, -0.05) is 24.3 Å². The molecule has 0 atom stereocenters. The van der Waals surface area contributed by atoms with Crippen LogP contribution in [0.2, 0.25) is 0 Å². The van der Waals surface area contributed by atoms with E-state index in [-0.39, 0.29) is 5.71 Å². The van der Waals surface area contributed by atoms with Crippen LogP contribution in [0.3, 0.4) is 0 Å². The van der Waals surface area contributed by atoms with Gasteiger partial charge in [-0.25, -0.2) is 0 Å². The van der Waals surface area contributed by atoms with Crippen molar-refractivity contribution in [1.29, 1.82) is 5.41 Å². The van der Waals surface area contributed by atoms with E-state index in [9.17, 15) is 4.79 Å². The predicted octanol–water partition coefficient (Wildman–Crippen LogP) is 3.19. The van der Waals surface area contributed by atoms with Crippen LogP contribution in [0.4, 0.5) is 5.69 Å². The van der Waals surface area contributed by atoms with Crippen LogP contribution in [0.5, 0.6) is 0 Å². The molecule has 0 saturated heterocycles. The normalized spacial score (nSPS) is 12.8. The number of methoxy groups -OCH3 is 1. The first-order valence-corrected chi connectivity index (χ1v) is 7.83. The Morgan fingerprint density at radius 3 is 2.60 bits per heavy atom. The first-order valence-electron chi connectivity index (χ1n) is 7.83. The number of anilines is 1. The lowest BCUT2D eigenvalue weighted by Crippen LogP contribution is -2.13. The van der Waals surface area contributed by atoms with E-state index in [0.29, 0.717) is 22.4 Å². The third-order valence-corrected chi connectivity index (χ3v) is 4.18. The number of rotatable bonds is 4. The lowest BCUT2D eigenvalue weighted by atomic mass is 9.95. The molecule has 0 aliphatic heterocycles. The van der Waals surface area contributed by atoms with Gasteiger partial charge in [-0.2, -0.15) is 0 Å². The predicted molar refractivity (Wildman–Crippen MR) is 100 cm³/mol. The molecule has 0 heterocycles. The number of carbonyl (C=O) groups is 1. The molecule has 5 nitrogen and oxygen atoms in total. The minimum atomic E-state index is -0.545. The second kappa shape index (κ2) is 6.65. The fourth-order valence-electron chi connectivity index (χ4n) is 2.76. The molecular weight excluding hydrogens is 314 g/mol. The van der Waals surface area contributed by atoms with Crippen LogP contribution in [0.1, 0.15) is 39.0 Å². The number of ether oxygens (including phenoxy) is 1. The van der Waals surface area contributed by atoms with Gasteiger partial charge in [-0.3, -0.25) is 10.2 Å². The van der Waals surface area contributed by atoms with Crippen LogP contribution in [0.25, 0.3) is 12.2 Å². The number of nitrogens with two attached hydrogens (primary N) is 2. The van der Waals surface area contributed by atoms with E-state index in [1.807, 2.05) is 36.4 Å². The zero-order valence-corrected chi connectivity index (χ0v) is 13.9. The van der Waals surface area contributed by atoms with E-state index in [1.165, 1.54) is 0 Å². The van der Waals surface area contributed by atoms with E-state index >= 15 is 0 Å². The van der Waals surface area contributed by atoms with Gasteiger partial charge in [0.15, 0.2) is 0 Å². The third kappa shape index (κ3) is 3.30. The minimum absolute atomic E-state index is 0.247. The Balaban J connectivity index is 2.03. The Hall–Kier alpha value is -3.34. The average molecular weight is 333 g/mol. The van der Waals surface area contributed by atoms with Gasteiger partial charge in [0.25, 0.3) is 0 Å². The molecule has 0 aromatic heterocycles. The van der Waals surface area contributed by atoms with Gasteiger partial charge < -0.3 is 16.2 Å². The summed E-state index contributed by atoms with van der Waals surface area (Å²) in [4.78, 5) is 11.4. The van der Waals surface area contributed by atoms with Crippen molar-refractivity contribution < 1.29 is 9.53 Å². The summed E-state index contributed by atoms with van der Waals surface area (Å²) in [7, 11) is 1.66. The summed E-state index contributed by atoms with van der Waals surface area (Å²) in [6.07, 6.45) is 6.75. The largest absolute Gasteiger partial charge is 0.501 e. The Labute approximate surface area is 146 Å². The quantitative estimate of drug-likeness (QED) is 0.591. The summed E-state index contributed by atoms with van der Waals surface area (Å²) in [5.74, 6) is 0.340. The summed E-state index contributed by atoms with van der Waals surface area (Å²) in [5, 5.41) is 8.50. The smallest absolute Gasteiger partial charge is 0.248 e. The van der Waals surface area contributed by atoms with E-state index in [0.717, 1.165) is 23.3 Å². The van der Waals surface area contributed by atoms with Crippen molar-refractivity contribution >= 4 is 29.5 Å². The van der Waals surface area contributed by atoms with E-state index < -0.39 is 5.91 Å². The molecule has 126 valence electrons. The number of hydrogen-bond donors (Lipinski definition) is 3. The summed E-state index contributed by atoms with van der Waals surface area (Å²) in [6.45, 7) is 0. The minimum Gasteiger partial charge on any atom is -0.501 e. The summed E-state index contributed by atoms with van der Waals surface area (Å²) < 4.78 is 5.33. The maximum Gasteiger partial charge on any atom is 0.248 e. The second-order valence-electron chi connectivity index (χ2n) is 5.81. The molecule has 1 aliphatic carbocycles. The number of carbonyl (C=O) groups excluding carboxylic acids is 1. The highest BCUT2D eigenvalue weighted by molar-refractivity contribution is 6.15. The van der Waals surface area contributed by atoms with E-state index in [4.69, 9.17) is 21.6 Å². The van der Waals surface area contributed by atoms with Gasteiger partial charge >= 0.3 is 0 Å². The van der Waals surface area contributed by atoms with Crippen LogP contribution in [0.15, 0.2) is 48.2 Å².